The fourth-order valence-electron chi connectivity index (χ4n) is 4.26. The van der Waals surface area contributed by atoms with Gasteiger partial charge in [-0.3, -0.25) is 4.79 Å². The van der Waals surface area contributed by atoms with E-state index in [9.17, 15) is 4.79 Å². The molecule has 0 spiro atoms. The van der Waals surface area contributed by atoms with Gasteiger partial charge in [-0.2, -0.15) is 0 Å². The summed E-state index contributed by atoms with van der Waals surface area (Å²) < 4.78 is 12.9. The highest BCUT2D eigenvalue weighted by molar-refractivity contribution is 5.85. The third-order valence-corrected chi connectivity index (χ3v) is 6.15. The van der Waals surface area contributed by atoms with Crippen LogP contribution in [0.5, 0.6) is 11.5 Å². The smallest absolute Gasteiger partial charge is 0.220 e. The highest BCUT2D eigenvalue weighted by atomic mass is 16.5. The molecule has 0 aliphatic heterocycles. The molecule has 1 aromatic heterocycles. The molecule has 1 N–H and O–H groups in total. The third kappa shape index (κ3) is 5.60. The maximum Gasteiger partial charge on any atom is 0.220 e. The van der Waals surface area contributed by atoms with Gasteiger partial charge >= 0.3 is 0 Å². The minimum Gasteiger partial charge on any atom is -0.493 e. The molecule has 0 aliphatic rings. The summed E-state index contributed by atoms with van der Waals surface area (Å²) in [6.07, 6.45) is 4.11. The van der Waals surface area contributed by atoms with Gasteiger partial charge in [-0.25, -0.2) is 0 Å². The highest BCUT2D eigenvalue weighted by Crippen LogP contribution is 2.27. The Morgan fingerprint density at radius 3 is 2.38 bits per heavy atom. The molecule has 0 saturated carbocycles. The van der Waals surface area contributed by atoms with Gasteiger partial charge in [0.2, 0.25) is 5.91 Å². The highest BCUT2D eigenvalue weighted by Gasteiger charge is 2.11. The van der Waals surface area contributed by atoms with Crippen LogP contribution in [0, 0.1) is 6.92 Å². The Bertz CT molecular complexity index is 1260. The Morgan fingerprint density at radius 1 is 0.882 bits per heavy atom. The molecular weight excluding hydrogens is 424 g/mol. The Labute approximate surface area is 201 Å². The van der Waals surface area contributed by atoms with Crippen LogP contribution in [0.25, 0.3) is 10.9 Å². The monoisotopic (exact) mass is 456 g/mol. The average Bonchev–Trinajstić information content (AvgIpc) is 3.21. The lowest BCUT2D eigenvalue weighted by atomic mass is 10.1. The molecule has 1 heterocycles. The van der Waals surface area contributed by atoms with E-state index < -0.39 is 0 Å². The number of rotatable bonds is 10. The number of methoxy groups -OCH3 is 2. The van der Waals surface area contributed by atoms with Crippen LogP contribution in [0.4, 0.5) is 0 Å². The van der Waals surface area contributed by atoms with Crippen molar-refractivity contribution in [3.63, 3.8) is 0 Å². The van der Waals surface area contributed by atoms with Gasteiger partial charge in [-0.15, -0.1) is 0 Å². The van der Waals surface area contributed by atoms with Gasteiger partial charge < -0.3 is 19.4 Å². The summed E-state index contributed by atoms with van der Waals surface area (Å²) in [5.41, 5.74) is 6.03. The zero-order valence-electron chi connectivity index (χ0n) is 20.1. The third-order valence-electron chi connectivity index (χ3n) is 6.15. The number of para-hydroxylation sites is 1. The predicted molar refractivity (Wildman–Crippen MR) is 137 cm³/mol. The van der Waals surface area contributed by atoms with Crippen molar-refractivity contribution in [2.75, 3.05) is 20.8 Å². The standard InChI is InChI=1S/C29H32N2O3/c1-21-8-10-23(11-9-21)19-31-20-24(25-6-4-5-7-26(25)31)13-15-29(32)30-17-16-22-12-14-27(33-2)28(18-22)34-3/h4-12,14,18,20H,13,15-17,19H2,1-3H3,(H,30,32). The van der Waals surface area contributed by atoms with Crippen molar-refractivity contribution in [3.05, 3.63) is 95.2 Å². The van der Waals surface area contributed by atoms with E-state index >= 15 is 0 Å². The summed E-state index contributed by atoms with van der Waals surface area (Å²) in [7, 11) is 3.25. The summed E-state index contributed by atoms with van der Waals surface area (Å²) in [6.45, 7) is 3.51. The number of carbonyl (C=O) groups is 1. The summed E-state index contributed by atoms with van der Waals surface area (Å²) in [4.78, 5) is 12.5. The van der Waals surface area contributed by atoms with Crippen molar-refractivity contribution in [3.8, 4) is 11.5 Å². The summed E-state index contributed by atoms with van der Waals surface area (Å²) in [6, 6.07) is 22.9. The van der Waals surface area contributed by atoms with Gasteiger partial charge in [0.1, 0.15) is 0 Å². The van der Waals surface area contributed by atoms with Crippen LogP contribution >= 0.6 is 0 Å². The minimum absolute atomic E-state index is 0.0656. The number of hydrogen-bond donors (Lipinski definition) is 1. The lowest BCUT2D eigenvalue weighted by Crippen LogP contribution is -2.25. The number of aromatic nitrogens is 1. The normalized spacial score (nSPS) is 10.9. The summed E-state index contributed by atoms with van der Waals surface area (Å²) in [5, 5.41) is 4.27. The quantitative estimate of drug-likeness (QED) is 0.352. The molecule has 0 unspecified atom stereocenters. The first kappa shape index (κ1) is 23.4. The largest absolute Gasteiger partial charge is 0.493 e. The fraction of sp³-hybridized carbons (Fsp3) is 0.276. The van der Waals surface area contributed by atoms with E-state index in [-0.39, 0.29) is 5.91 Å². The lowest BCUT2D eigenvalue weighted by molar-refractivity contribution is -0.121. The molecule has 5 heteroatoms. The van der Waals surface area contributed by atoms with Gasteiger partial charge in [0, 0.05) is 36.6 Å². The van der Waals surface area contributed by atoms with Crippen molar-refractivity contribution in [1.29, 1.82) is 0 Å². The van der Waals surface area contributed by atoms with Crippen LogP contribution < -0.4 is 14.8 Å². The number of benzene rings is 3. The van der Waals surface area contributed by atoms with Crippen LogP contribution in [0.1, 0.15) is 28.7 Å². The van der Waals surface area contributed by atoms with Crippen LogP contribution in [-0.2, 0) is 24.2 Å². The summed E-state index contributed by atoms with van der Waals surface area (Å²) in [5.74, 6) is 1.47. The maximum atomic E-state index is 12.5. The lowest BCUT2D eigenvalue weighted by Gasteiger charge is -2.10. The van der Waals surface area contributed by atoms with Gasteiger partial charge in [-0.1, -0.05) is 54.1 Å². The number of ether oxygens (including phenoxy) is 2. The number of aryl methyl sites for hydroxylation is 2. The van der Waals surface area contributed by atoms with Gasteiger partial charge in [-0.05, 0) is 54.7 Å². The first-order valence-corrected chi connectivity index (χ1v) is 11.7. The molecule has 0 fully saturated rings. The van der Waals surface area contributed by atoms with E-state index in [4.69, 9.17) is 9.47 Å². The summed E-state index contributed by atoms with van der Waals surface area (Å²) >= 11 is 0. The van der Waals surface area contributed by atoms with Gasteiger partial charge in [0.15, 0.2) is 11.5 Å². The topological polar surface area (TPSA) is 52.5 Å². The second-order valence-corrected chi connectivity index (χ2v) is 8.57. The Morgan fingerprint density at radius 2 is 1.62 bits per heavy atom. The van der Waals surface area contributed by atoms with Crippen molar-refractivity contribution in [2.24, 2.45) is 0 Å². The van der Waals surface area contributed by atoms with Crippen LogP contribution in [0.15, 0.2) is 72.9 Å². The van der Waals surface area contributed by atoms with Crippen LogP contribution in [-0.4, -0.2) is 31.2 Å². The van der Waals surface area contributed by atoms with E-state index in [0.29, 0.717) is 30.9 Å². The second kappa shape index (κ2) is 10.9. The van der Waals surface area contributed by atoms with E-state index in [1.54, 1.807) is 14.2 Å². The molecule has 4 aromatic rings. The molecule has 0 bridgehead atoms. The number of nitrogens with one attached hydrogen (secondary N) is 1. The van der Waals surface area contributed by atoms with E-state index in [0.717, 1.165) is 18.5 Å². The van der Waals surface area contributed by atoms with Crippen LogP contribution in [0.2, 0.25) is 0 Å². The second-order valence-electron chi connectivity index (χ2n) is 8.57. The van der Waals surface area contributed by atoms with E-state index in [1.165, 1.54) is 27.6 Å². The van der Waals surface area contributed by atoms with Crippen molar-refractivity contribution in [2.45, 2.75) is 32.7 Å². The molecule has 0 aliphatic carbocycles. The van der Waals surface area contributed by atoms with Crippen molar-refractivity contribution in [1.82, 2.24) is 9.88 Å². The predicted octanol–water partition coefficient (Wildman–Crippen LogP) is 5.31. The molecule has 176 valence electrons. The first-order valence-electron chi connectivity index (χ1n) is 11.7. The fourth-order valence-corrected chi connectivity index (χ4v) is 4.26. The molecule has 0 saturated heterocycles. The Hall–Kier alpha value is -3.73. The SMILES string of the molecule is COc1ccc(CCNC(=O)CCc2cn(Cc3ccc(C)cc3)c3ccccc23)cc1OC. The number of hydrogen-bond acceptors (Lipinski definition) is 3. The Kier molecular flexibility index (Phi) is 7.53. The average molecular weight is 457 g/mol. The number of carbonyl (C=O) groups excluding carboxylic acids is 1. The van der Waals surface area contributed by atoms with Crippen molar-refractivity contribution < 1.29 is 14.3 Å². The number of fused-ring (bicyclic) bond motifs is 1. The number of amides is 1. The number of nitrogens with zero attached hydrogens (tertiary/aromatic N) is 1. The van der Waals surface area contributed by atoms with Gasteiger partial charge in [0.05, 0.1) is 14.2 Å². The maximum absolute atomic E-state index is 12.5. The molecule has 34 heavy (non-hydrogen) atoms. The first-order chi connectivity index (χ1) is 16.6. The van der Waals surface area contributed by atoms with E-state index in [2.05, 4.69) is 71.5 Å². The molecule has 0 radical (unpaired) electrons. The molecule has 3 aromatic carbocycles. The molecule has 4 rings (SSSR count). The zero-order chi connectivity index (χ0) is 23.9. The van der Waals surface area contributed by atoms with Crippen LogP contribution in [0.3, 0.4) is 0 Å². The van der Waals surface area contributed by atoms with E-state index in [1.807, 2.05) is 18.2 Å². The molecule has 0 atom stereocenters. The Balaban J connectivity index is 1.35. The van der Waals surface area contributed by atoms with Crippen molar-refractivity contribution >= 4 is 16.8 Å². The minimum atomic E-state index is 0.0656. The molecule has 1 amide bonds. The zero-order valence-corrected chi connectivity index (χ0v) is 20.1. The molecular formula is C29H32N2O3. The molecule has 5 nitrogen and oxygen atoms in total. The van der Waals surface area contributed by atoms with Gasteiger partial charge in [0.25, 0.3) is 0 Å².